The zero-order valence-electron chi connectivity index (χ0n) is 18.5. The third-order valence-electron chi connectivity index (χ3n) is 5.21. The monoisotopic (exact) mass is 436 g/mol. The first-order valence-electron chi connectivity index (χ1n) is 10.8. The minimum atomic E-state index is -3.54. The van der Waals surface area contributed by atoms with E-state index in [1.807, 2.05) is 32.0 Å². The number of piperidine rings is 1. The number of hydrogen-bond donors (Lipinski definition) is 3. The summed E-state index contributed by atoms with van der Waals surface area (Å²) in [6, 6.07) is 8.51. The van der Waals surface area contributed by atoms with E-state index < -0.39 is 16.1 Å². The SMILES string of the molecule is CCCC1CNCCC1NC(=O)C(CC(C)C)N=C(NS(C)(=O)=O)c1ccccc1. The third kappa shape index (κ3) is 8.07. The number of benzene rings is 1. The van der Waals surface area contributed by atoms with Crippen LogP contribution in [0, 0.1) is 11.8 Å². The number of carbonyl (C=O) groups excluding carboxylic acids is 1. The van der Waals surface area contributed by atoms with Crippen molar-refractivity contribution in [2.75, 3.05) is 19.3 Å². The zero-order valence-corrected chi connectivity index (χ0v) is 19.3. The van der Waals surface area contributed by atoms with Crippen molar-refractivity contribution in [3.8, 4) is 0 Å². The predicted octanol–water partition coefficient (Wildman–Crippen LogP) is 2.29. The summed E-state index contributed by atoms with van der Waals surface area (Å²) in [7, 11) is -3.54. The van der Waals surface area contributed by atoms with E-state index in [2.05, 4.69) is 27.3 Å². The Kier molecular flexibility index (Phi) is 9.30. The molecular formula is C22H36N4O3S. The highest BCUT2D eigenvalue weighted by Crippen LogP contribution is 2.18. The highest BCUT2D eigenvalue weighted by atomic mass is 32.2. The first kappa shape index (κ1) is 24.3. The molecule has 1 aliphatic heterocycles. The van der Waals surface area contributed by atoms with Crippen molar-refractivity contribution in [3.05, 3.63) is 35.9 Å². The zero-order chi connectivity index (χ0) is 22.1. The van der Waals surface area contributed by atoms with Gasteiger partial charge in [0.05, 0.1) is 6.26 Å². The van der Waals surface area contributed by atoms with Crippen molar-refractivity contribution in [1.82, 2.24) is 15.4 Å². The summed E-state index contributed by atoms with van der Waals surface area (Å²) >= 11 is 0. The molecule has 3 unspecified atom stereocenters. The van der Waals surface area contributed by atoms with E-state index in [0.29, 0.717) is 17.9 Å². The normalized spacial score (nSPS) is 21.3. The minimum absolute atomic E-state index is 0.117. The smallest absolute Gasteiger partial charge is 0.245 e. The molecule has 1 aromatic rings. The molecule has 1 heterocycles. The van der Waals surface area contributed by atoms with Crippen LogP contribution in [0.15, 0.2) is 35.3 Å². The predicted molar refractivity (Wildman–Crippen MR) is 122 cm³/mol. The highest BCUT2D eigenvalue weighted by Gasteiger charge is 2.29. The first-order valence-corrected chi connectivity index (χ1v) is 12.7. The van der Waals surface area contributed by atoms with Crippen LogP contribution < -0.4 is 15.4 Å². The maximum Gasteiger partial charge on any atom is 0.245 e. The van der Waals surface area contributed by atoms with Crippen LogP contribution in [0.4, 0.5) is 0 Å². The Morgan fingerprint density at radius 2 is 1.97 bits per heavy atom. The van der Waals surface area contributed by atoms with E-state index in [1.165, 1.54) is 0 Å². The maximum absolute atomic E-state index is 13.2. The van der Waals surface area contributed by atoms with Gasteiger partial charge in [-0.3, -0.25) is 14.5 Å². The lowest BCUT2D eigenvalue weighted by atomic mass is 9.89. The van der Waals surface area contributed by atoms with Crippen LogP contribution in [-0.2, 0) is 14.8 Å². The van der Waals surface area contributed by atoms with Crippen LogP contribution in [0.2, 0.25) is 0 Å². The fourth-order valence-electron chi connectivity index (χ4n) is 3.82. The summed E-state index contributed by atoms with van der Waals surface area (Å²) in [5.74, 6) is 0.702. The number of rotatable bonds is 9. The fourth-order valence-corrected chi connectivity index (χ4v) is 4.34. The Morgan fingerprint density at radius 3 is 2.57 bits per heavy atom. The van der Waals surface area contributed by atoms with Gasteiger partial charge in [0, 0.05) is 11.6 Å². The third-order valence-corrected chi connectivity index (χ3v) is 5.77. The molecular weight excluding hydrogens is 400 g/mol. The lowest BCUT2D eigenvalue weighted by molar-refractivity contribution is -0.123. The first-order chi connectivity index (χ1) is 14.2. The molecule has 7 nitrogen and oxygen atoms in total. The number of aliphatic imine (C=N–C) groups is 1. The fraction of sp³-hybridized carbons (Fsp3) is 0.636. The molecule has 0 bridgehead atoms. The number of sulfonamides is 1. The van der Waals surface area contributed by atoms with Gasteiger partial charge in [-0.25, -0.2) is 8.42 Å². The molecule has 1 aromatic carbocycles. The van der Waals surface area contributed by atoms with Crippen molar-refractivity contribution < 1.29 is 13.2 Å². The molecule has 0 aromatic heterocycles. The van der Waals surface area contributed by atoms with Gasteiger partial charge in [0.2, 0.25) is 15.9 Å². The van der Waals surface area contributed by atoms with Crippen molar-refractivity contribution in [2.45, 2.75) is 58.5 Å². The Morgan fingerprint density at radius 1 is 1.27 bits per heavy atom. The average molecular weight is 437 g/mol. The second-order valence-corrected chi connectivity index (χ2v) is 10.3. The number of amides is 1. The van der Waals surface area contributed by atoms with Crippen LogP contribution in [0.25, 0.3) is 0 Å². The molecule has 3 N–H and O–H groups in total. The van der Waals surface area contributed by atoms with E-state index in [4.69, 9.17) is 0 Å². The molecule has 0 spiro atoms. The van der Waals surface area contributed by atoms with Crippen molar-refractivity contribution in [2.24, 2.45) is 16.8 Å². The van der Waals surface area contributed by atoms with Crippen LogP contribution in [0.1, 0.15) is 52.0 Å². The molecule has 3 atom stereocenters. The average Bonchev–Trinajstić information content (AvgIpc) is 2.68. The summed E-state index contributed by atoms with van der Waals surface area (Å²) in [5.41, 5.74) is 0.634. The van der Waals surface area contributed by atoms with E-state index >= 15 is 0 Å². The Bertz CT molecular complexity index is 807. The quantitative estimate of drug-likeness (QED) is 0.408. The molecule has 1 amide bonds. The molecule has 1 aliphatic rings. The molecule has 168 valence electrons. The summed E-state index contributed by atoms with van der Waals surface area (Å²) in [6.07, 6.45) is 4.65. The topological polar surface area (TPSA) is 99.7 Å². The largest absolute Gasteiger partial charge is 0.351 e. The summed E-state index contributed by atoms with van der Waals surface area (Å²) in [5, 5.41) is 6.62. The van der Waals surface area contributed by atoms with Gasteiger partial charge in [-0.15, -0.1) is 0 Å². The van der Waals surface area contributed by atoms with Crippen molar-refractivity contribution in [3.63, 3.8) is 0 Å². The van der Waals surface area contributed by atoms with Gasteiger partial charge in [0.25, 0.3) is 0 Å². The number of nitrogens with one attached hydrogen (secondary N) is 3. The lowest BCUT2D eigenvalue weighted by Crippen LogP contribution is -2.51. The number of nitrogens with zero attached hydrogens (tertiary/aromatic N) is 1. The molecule has 0 aliphatic carbocycles. The molecule has 0 saturated carbocycles. The molecule has 0 radical (unpaired) electrons. The van der Waals surface area contributed by atoms with Crippen LogP contribution >= 0.6 is 0 Å². The van der Waals surface area contributed by atoms with Gasteiger partial charge < -0.3 is 10.6 Å². The van der Waals surface area contributed by atoms with Crippen LogP contribution in [0.3, 0.4) is 0 Å². The van der Waals surface area contributed by atoms with E-state index in [1.54, 1.807) is 12.1 Å². The van der Waals surface area contributed by atoms with E-state index in [-0.39, 0.29) is 23.7 Å². The summed E-state index contributed by atoms with van der Waals surface area (Å²) in [4.78, 5) is 17.8. The van der Waals surface area contributed by atoms with E-state index in [0.717, 1.165) is 38.6 Å². The van der Waals surface area contributed by atoms with Crippen molar-refractivity contribution >= 4 is 21.8 Å². The Hall–Kier alpha value is -1.93. The maximum atomic E-state index is 13.2. The Balaban J connectivity index is 2.29. The molecule has 1 saturated heterocycles. The molecule has 30 heavy (non-hydrogen) atoms. The summed E-state index contributed by atoms with van der Waals surface area (Å²) < 4.78 is 26.3. The molecule has 2 rings (SSSR count). The van der Waals surface area contributed by atoms with Gasteiger partial charge in [0.1, 0.15) is 11.9 Å². The number of amidine groups is 1. The minimum Gasteiger partial charge on any atom is -0.351 e. The van der Waals surface area contributed by atoms with Gasteiger partial charge in [0.15, 0.2) is 0 Å². The second-order valence-electron chi connectivity index (χ2n) is 8.52. The standard InChI is InChI=1S/C22H36N4O3S/c1-5-9-18-15-23-13-12-19(18)25-22(27)20(14-16(2)3)24-21(26-30(4,28)29)17-10-7-6-8-11-17/h6-8,10-11,16,18-20,23H,5,9,12-15H2,1-4H3,(H,24,26)(H,25,27). The summed E-state index contributed by atoms with van der Waals surface area (Å²) in [6.45, 7) is 8.01. The second kappa shape index (κ2) is 11.5. The Labute approximate surface area is 181 Å². The molecule has 1 fully saturated rings. The van der Waals surface area contributed by atoms with E-state index in [9.17, 15) is 13.2 Å². The van der Waals surface area contributed by atoms with Gasteiger partial charge in [-0.05, 0) is 44.2 Å². The van der Waals surface area contributed by atoms with Gasteiger partial charge in [-0.1, -0.05) is 57.5 Å². The lowest BCUT2D eigenvalue weighted by Gasteiger charge is -2.33. The highest BCUT2D eigenvalue weighted by molar-refractivity contribution is 7.89. The van der Waals surface area contributed by atoms with Crippen molar-refractivity contribution in [1.29, 1.82) is 0 Å². The van der Waals surface area contributed by atoms with Crippen LogP contribution in [0.5, 0.6) is 0 Å². The molecule has 8 heteroatoms. The van der Waals surface area contributed by atoms with Gasteiger partial charge in [-0.2, -0.15) is 0 Å². The number of carbonyl (C=O) groups is 1. The van der Waals surface area contributed by atoms with Crippen LogP contribution in [-0.4, -0.2) is 51.6 Å². The number of hydrogen-bond acceptors (Lipinski definition) is 5. The van der Waals surface area contributed by atoms with Gasteiger partial charge >= 0.3 is 0 Å².